The first kappa shape index (κ1) is 9.69. The minimum absolute atomic E-state index is 0.0463. The third-order valence-electron chi connectivity index (χ3n) is 2.09. The maximum atomic E-state index is 11.7. The van der Waals surface area contributed by atoms with E-state index in [0.717, 1.165) is 5.56 Å². The molecule has 0 saturated heterocycles. The highest BCUT2D eigenvalue weighted by Gasteiger charge is 2.42. The minimum Gasteiger partial charge on any atom is -0.292 e. The molecule has 0 aromatic heterocycles. The zero-order valence-corrected chi connectivity index (χ0v) is 10.4. The zero-order valence-electron chi connectivity index (χ0n) is 6.48. The summed E-state index contributed by atoms with van der Waals surface area (Å²) in [4.78, 5) is 11.7. The number of benzene rings is 1. The van der Waals surface area contributed by atoms with Gasteiger partial charge in [0.05, 0.1) is 0 Å². The van der Waals surface area contributed by atoms with Gasteiger partial charge in [0.15, 0.2) is 5.78 Å². The van der Waals surface area contributed by atoms with Crippen LogP contribution in [0.5, 0.6) is 0 Å². The predicted molar refractivity (Wildman–Crippen MR) is 60.1 cm³/mol. The number of halogens is 3. The molecule has 0 spiro atoms. The standard InChI is InChI=1S/C9H5Br2ClO/c10-9(11)4-6-5(8(9)13)2-1-3-7(6)12/h1-3H,4H2. The third-order valence-corrected chi connectivity index (χ3v) is 3.73. The van der Waals surface area contributed by atoms with Crippen LogP contribution in [-0.4, -0.2) is 9.02 Å². The van der Waals surface area contributed by atoms with Gasteiger partial charge in [-0.15, -0.1) is 0 Å². The van der Waals surface area contributed by atoms with E-state index in [1.807, 2.05) is 0 Å². The normalized spacial score (nSPS) is 18.8. The SMILES string of the molecule is O=C1c2cccc(Cl)c2CC1(Br)Br. The fourth-order valence-electron chi connectivity index (χ4n) is 1.45. The van der Waals surface area contributed by atoms with Crippen LogP contribution in [0.1, 0.15) is 15.9 Å². The molecule has 0 aliphatic heterocycles. The second-order valence-corrected chi connectivity index (χ2v) is 7.16. The van der Waals surface area contributed by atoms with Gasteiger partial charge in [0.25, 0.3) is 0 Å². The monoisotopic (exact) mass is 322 g/mol. The first-order valence-electron chi connectivity index (χ1n) is 3.72. The van der Waals surface area contributed by atoms with Crippen molar-refractivity contribution in [3.8, 4) is 0 Å². The molecule has 0 radical (unpaired) electrons. The van der Waals surface area contributed by atoms with Crippen LogP contribution >= 0.6 is 43.5 Å². The molecule has 0 saturated carbocycles. The molecule has 1 aromatic carbocycles. The Hall–Kier alpha value is 0.140. The lowest BCUT2D eigenvalue weighted by molar-refractivity contribution is 0.0994. The number of Topliss-reactive ketones (excluding diaryl/α,β-unsaturated/α-hetero) is 1. The Morgan fingerprint density at radius 3 is 2.69 bits per heavy atom. The quantitative estimate of drug-likeness (QED) is 0.667. The molecule has 0 N–H and O–H groups in total. The molecule has 2 rings (SSSR count). The van der Waals surface area contributed by atoms with E-state index in [1.165, 1.54) is 0 Å². The van der Waals surface area contributed by atoms with Crippen molar-refractivity contribution in [1.82, 2.24) is 0 Å². The van der Waals surface area contributed by atoms with Crippen molar-refractivity contribution in [1.29, 1.82) is 0 Å². The van der Waals surface area contributed by atoms with Crippen molar-refractivity contribution in [2.75, 3.05) is 0 Å². The van der Waals surface area contributed by atoms with Crippen molar-refractivity contribution >= 4 is 49.2 Å². The number of hydrogen-bond acceptors (Lipinski definition) is 1. The summed E-state index contributed by atoms with van der Waals surface area (Å²) < 4.78 is -0.646. The van der Waals surface area contributed by atoms with Gasteiger partial charge in [-0.3, -0.25) is 4.79 Å². The largest absolute Gasteiger partial charge is 0.292 e. The van der Waals surface area contributed by atoms with Gasteiger partial charge >= 0.3 is 0 Å². The van der Waals surface area contributed by atoms with E-state index in [1.54, 1.807) is 18.2 Å². The first-order chi connectivity index (χ1) is 6.02. The number of fused-ring (bicyclic) bond motifs is 1. The lowest BCUT2D eigenvalue weighted by atomic mass is 10.1. The fourth-order valence-corrected chi connectivity index (χ4v) is 2.68. The molecule has 68 valence electrons. The molecule has 1 aromatic rings. The molecule has 0 fully saturated rings. The summed E-state index contributed by atoms with van der Waals surface area (Å²) >= 11 is 12.6. The highest BCUT2D eigenvalue weighted by molar-refractivity contribution is 9.26. The molecular weight excluding hydrogens is 319 g/mol. The lowest BCUT2D eigenvalue weighted by Crippen LogP contribution is -2.19. The van der Waals surface area contributed by atoms with Crippen LogP contribution in [0, 0.1) is 0 Å². The number of carbonyl (C=O) groups is 1. The van der Waals surface area contributed by atoms with Gasteiger partial charge in [-0.2, -0.15) is 0 Å². The lowest BCUT2D eigenvalue weighted by Gasteiger charge is -2.07. The van der Waals surface area contributed by atoms with Crippen LogP contribution in [0.4, 0.5) is 0 Å². The van der Waals surface area contributed by atoms with Crippen molar-refractivity contribution in [3.63, 3.8) is 0 Å². The van der Waals surface area contributed by atoms with Gasteiger partial charge < -0.3 is 0 Å². The zero-order chi connectivity index (χ0) is 9.64. The third kappa shape index (κ3) is 1.47. The van der Waals surface area contributed by atoms with Crippen molar-refractivity contribution in [3.05, 3.63) is 34.3 Å². The second kappa shape index (κ2) is 3.07. The maximum absolute atomic E-state index is 11.7. The van der Waals surface area contributed by atoms with Gasteiger partial charge in [0.2, 0.25) is 0 Å². The van der Waals surface area contributed by atoms with E-state index in [0.29, 0.717) is 17.0 Å². The predicted octanol–water partition coefficient (Wildman–Crippen LogP) is 3.56. The summed E-state index contributed by atoms with van der Waals surface area (Å²) in [5.74, 6) is 0.0463. The maximum Gasteiger partial charge on any atom is 0.190 e. The molecule has 0 amide bonds. The van der Waals surface area contributed by atoms with Crippen molar-refractivity contribution in [2.24, 2.45) is 0 Å². The van der Waals surface area contributed by atoms with E-state index in [2.05, 4.69) is 31.9 Å². The first-order valence-corrected chi connectivity index (χ1v) is 5.69. The summed E-state index contributed by atoms with van der Waals surface area (Å²) in [6.45, 7) is 0. The van der Waals surface area contributed by atoms with Crippen LogP contribution in [0.3, 0.4) is 0 Å². The molecule has 1 aliphatic rings. The number of rotatable bonds is 0. The summed E-state index contributed by atoms with van der Waals surface area (Å²) in [7, 11) is 0. The summed E-state index contributed by atoms with van der Waals surface area (Å²) in [6, 6.07) is 5.39. The Morgan fingerprint density at radius 2 is 2.08 bits per heavy atom. The Kier molecular flexibility index (Phi) is 2.29. The van der Waals surface area contributed by atoms with Gasteiger partial charge in [-0.1, -0.05) is 55.6 Å². The van der Waals surface area contributed by atoms with Crippen LogP contribution in [0.2, 0.25) is 5.02 Å². The van der Waals surface area contributed by atoms with E-state index in [9.17, 15) is 4.79 Å². The average molecular weight is 324 g/mol. The summed E-state index contributed by atoms with van der Waals surface area (Å²) in [5.41, 5.74) is 1.63. The number of ketones is 1. The summed E-state index contributed by atoms with van der Waals surface area (Å²) in [5, 5.41) is 0.659. The number of carbonyl (C=O) groups excluding carboxylic acids is 1. The molecular formula is C9H5Br2ClO. The number of hydrogen-bond donors (Lipinski definition) is 0. The molecule has 4 heteroatoms. The van der Waals surface area contributed by atoms with Gasteiger partial charge in [-0.25, -0.2) is 0 Å². The van der Waals surface area contributed by atoms with Crippen LogP contribution in [-0.2, 0) is 6.42 Å². The Morgan fingerprint density at radius 1 is 1.38 bits per heavy atom. The van der Waals surface area contributed by atoms with Crippen molar-refractivity contribution in [2.45, 2.75) is 9.65 Å². The topological polar surface area (TPSA) is 17.1 Å². The van der Waals surface area contributed by atoms with Crippen LogP contribution < -0.4 is 0 Å². The van der Waals surface area contributed by atoms with Gasteiger partial charge in [-0.05, 0) is 11.6 Å². The highest BCUT2D eigenvalue weighted by atomic mass is 79.9. The van der Waals surface area contributed by atoms with Crippen LogP contribution in [0.25, 0.3) is 0 Å². The molecule has 0 unspecified atom stereocenters. The fraction of sp³-hybridized carbons (Fsp3) is 0.222. The minimum atomic E-state index is -0.646. The Bertz CT molecular complexity index is 387. The number of alkyl halides is 2. The molecule has 1 aliphatic carbocycles. The van der Waals surface area contributed by atoms with Gasteiger partial charge in [0, 0.05) is 17.0 Å². The van der Waals surface area contributed by atoms with Gasteiger partial charge in [0.1, 0.15) is 3.23 Å². The van der Waals surface area contributed by atoms with E-state index >= 15 is 0 Å². The van der Waals surface area contributed by atoms with Crippen molar-refractivity contribution < 1.29 is 4.79 Å². The Balaban J connectivity index is 2.63. The van der Waals surface area contributed by atoms with E-state index in [4.69, 9.17) is 11.6 Å². The van der Waals surface area contributed by atoms with Crippen LogP contribution in [0.15, 0.2) is 18.2 Å². The smallest absolute Gasteiger partial charge is 0.190 e. The average Bonchev–Trinajstić information content (AvgIpc) is 2.28. The van der Waals surface area contributed by atoms with E-state index < -0.39 is 3.23 Å². The Labute approximate surface area is 97.7 Å². The molecule has 1 nitrogen and oxygen atoms in total. The molecule has 0 atom stereocenters. The molecule has 0 heterocycles. The second-order valence-electron chi connectivity index (χ2n) is 2.98. The summed E-state index contributed by atoms with van der Waals surface area (Å²) in [6.07, 6.45) is 0.598. The molecule has 13 heavy (non-hydrogen) atoms. The highest BCUT2D eigenvalue weighted by Crippen LogP contribution is 2.43. The molecule has 0 bridgehead atoms. The van der Waals surface area contributed by atoms with E-state index in [-0.39, 0.29) is 5.78 Å².